The molecule has 1 aromatic heterocycles. The van der Waals surface area contributed by atoms with Gasteiger partial charge in [-0.15, -0.1) is 17.9 Å². The minimum Gasteiger partial charge on any atom is -0.333 e. The molecule has 0 saturated carbocycles. The number of aryl methyl sites for hydroxylation is 2. The van der Waals surface area contributed by atoms with Gasteiger partial charge < -0.3 is 17.2 Å². The first-order chi connectivity index (χ1) is 29.5. The van der Waals surface area contributed by atoms with Crippen LogP contribution in [0.5, 0.6) is 0 Å². The van der Waals surface area contributed by atoms with Crippen LogP contribution in [0.4, 0.5) is 0 Å². The van der Waals surface area contributed by atoms with Crippen LogP contribution in [-0.2, 0) is 5.54 Å². The van der Waals surface area contributed by atoms with E-state index < -0.39 is 5.54 Å². The fourth-order valence-electron chi connectivity index (χ4n) is 8.47. The summed E-state index contributed by atoms with van der Waals surface area (Å²) in [6.45, 7) is 8.67. The van der Waals surface area contributed by atoms with Gasteiger partial charge >= 0.3 is 0 Å². The Balaban J connectivity index is 0.000000488. The molecule has 0 spiro atoms. The second-order valence-electron chi connectivity index (χ2n) is 14.8. The highest BCUT2D eigenvalue weighted by Gasteiger charge is 2.42. The minimum absolute atomic E-state index is 0.0154. The number of benzene rings is 7. The summed E-state index contributed by atoms with van der Waals surface area (Å²) in [6.07, 6.45) is 9.67. The van der Waals surface area contributed by atoms with Gasteiger partial charge in [-0.2, -0.15) is 0 Å². The molecule has 9 rings (SSSR count). The molecule has 0 aliphatic heterocycles. The van der Waals surface area contributed by atoms with Crippen molar-refractivity contribution in [1.29, 1.82) is 0 Å². The summed E-state index contributed by atoms with van der Waals surface area (Å²) in [7, 11) is 3.00. The molecule has 1 heterocycles. The highest BCUT2D eigenvalue weighted by atomic mass is 32.1. The van der Waals surface area contributed by atoms with Crippen LogP contribution < -0.4 is 17.2 Å². The van der Waals surface area contributed by atoms with Gasteiger partial charge in [0.2, 0.25) is 0 Å². The smallest absolute Gasteiger partial charge is 0.0735 e. The normalized spacial score (nSPS) is 13.7. The van der Waals surface area contributed by atoms with Crippen molar-refractivity contribution in [2.24, 2.45) is 23.1 Å². The summed E-state index contributed by atoms with van der Waals surface area (Å²) in [5.41, 5.74) is 28.2. The number of thiophene rings is 1. The molecule has 0 saturated heterocycles. The summed E-state index contributed by atoms with van der Waals surface area (Å²) in [4.78, 5) is 0. The van der Waals surface area contributed by atoms with Crippen molar-refractivity contribution >= 4 is 31.5 Å². The van der Waals surface area contributed by atoms with E-state index in [1.165, 1.54) is 78.8 Å². The van der Waals surface area contributed by atoms with Gasteiger partial charge in [0, 0.05) is 32.0 Å². The van der Waals surface area contributed by atoms with E-state index in [4.69, 9.17) is 5.73 Å². The van der Waals surface area contributed by atoms with Crippen LogP contribution in [0, 0.1) is 19.8 Å². The number of nitrogens with two attached hydrogens (primary N) is 3. The molecule has 2 unspecified atom stereocenters. The van der Waals surface area contributed by atoms with E-state index >= 15 is 0 Å². The van der Waals surface area contributed by atoms with Crippen molar-refractivity contribution in [2.45, 2.75) is 31.7 Å². The van der Waals surface area contributed by atoms with Crippen molar-refractivity contribution < 1.29 is 0 Å². The SMILES string of the molecule is C=CC(C1=CC=CCC1C(N)(c1ccccc1)c1ccccc1)c1cccc(-c2ccc3sc4ccccc4c3c2-c2cccc(C)c2)c1.CN.CN.Cc1ccccc1. The van der Waals surface area contributed by atoms with Crippen molar-refractivity contribution in [3.8, 4) is 22.3 Å². The number of hydrogen-bond donors (Lipinski definition) is 3. The Kier molecular flexibility index (Phi) is 15.0. The maximum absolute atomic E-state index is 7.67. The van der Waals surface area contributed by atoms with E-state index in [1.54, 1.807) is 0 Å². The Morgan fingerprint density at radius 2 is 1.20 bits per heavy atom. The van der Waals surface area contributed by atoms with Gasteiger partial charge in [0.25, 0.3) is 0 Å². The number of fused-ring (bicyclic) bond motifs is 3. The molecule has 8 aromatic rings. The minimum atomic E-state index is -0.721. The largest absolute Gasteiger partial charge is 0.333 e. The first-order valence-electron chi connectivity index (χ1n) is 20.6. The molecule has 302 valence electrons. The molecule has 0 fully saturated rings. The van der Waals surface area contributed by atoms with Gasteiger partial charge in [-0.1, -0.05) is 205 Å². The van der Waals surface area contributed by atoms with E-state index in [-0.39, 0.29) is 11.8 Å². The quantitative estimate of drug-likeness (QED) is 0.134. The predicted octanol–water partition coefficient (Wildman–Crippen LogP) is 13.5. The summed E-state index contributed by atoms with van der Waals surface area (Å²) >= 11 is 1.87. The molecule has 60 heavy (non-hydrogen) atoms. The average molecular weight is 804 g/mol. The summed E-state index contributed by atoms with van der Waals surface area (Å²) in [5, 5.41) is 2.64. The molecule has 0 amide bonds. The molecule has 1 aliphatic carbocycles. The van der Waals surface area contributed by atoms with Crippen LogP contribution in [-0.4, -0.2) is 14.1 Å². The van der Waals surface area contributed by atoms with Crippen LogP contribution in [0.3, 0.4) is 0 Å². The Hall–Kier alpha value is -6.14. The molecule has 4 heteroatoms. The maximum atomic E-state index is 7.67. The molecular formula is C56H57N3S. The van der Waals surface area contributed by atoms with Crippen molar-refractivity contribution in [2.75, 3.05) is 14.1 Å². The summed E-state index contributed by atoms with van der Waals surface area (Å²) in [5.74, 6) is 0.0173. The van der Waals surface area contributed by atoms with Crippen LogP contribution in [0.15, 0.2) is 212 Å². The number of rotatable bonds is 8. The third kappa shape index (κ3) is 9.18. The monoisotopic (exact) mass is 803 g/mol. The lowest BCUT2D eigenvalue weighted by molar-refractivity contribution is 0.365. The highest BCUT2D eigenvalue weighted by Crippen LogP contribution is 2.48. The third-order valence-corrected chi connectivity index (χ3v) is 12.3. The van der Waals surface area contributed by atoms with Gasteiger partial charge in [0.1, 0.15) is 0 Å². The number of allylic oxidation sites excluding steroid dienone is 4. The number of hydrogen-bond acceptors (Lipinski definition) is 4. The van der Waals surface area contributed by atoms with Crippen LogP contribution in [0.1, 0.15) is 40.2 Å². The fourth-order valence-corrected chi connectivity index (χ4v) is 9.58. The van der Waals surface area contributed by atoms with Gasteiger partial charge in [0.15, 0.2) is 0 Å². The van der Waals surface area contributed by atoms with Gasteiger partial charge in [-0.3, -0.25) is 0 Å². The standard InChI is InChI=1S/C47H39NS.C7H8.2CH5N/c1-3-38(40-24-10-12-26-42(40)47(48,36-20-6-4-7-21-36)37-22-8-5-9-23-37)33-17-15-18-34(31-33)39-28-29-44-46(41-25-11-13-27-43(41)49-44)45(39)35-19-14-16-32(2)30-35;1-7-5-3-2-4-6-7;2*1-2/h3-25,27-31,38,42H,1,26,48H2,2H3;2-6H,1H3;2*2H2,1H3. The third-order valence-electron chi connectivity index (χ3n) is 11.2. The Morgan fingerprint density at radius 3 is 1.82 bits per heavy atom. The highest BCUT2D eigenvalue weighted by molar-refractivity contribution is 7.26. The maximum Gasteiger partial charge on any atom is 0.0735 e. The van der Waals surface area contributed by atoms with E-state index in [0.29, 0.717) is 0 Å². The van der Waals surface area contributed by atoms with Crippen molar-refractivity contribution in [3.63, 3.8) is 0 Å². The van der Waals surface area contributed by atoms with Crippen molar-refractivity contribution in [1.82, 2.24) is 0 Å². The molecule has 6 N–H and O–H groups in total. The van der Waals surface area contributed by atoms with Gasteiger partial charge in [-0.25, -0.2) is 0 Å². The lowest BCUT2D eigenvalue weighted by Gasteiger charge is -2.42. The zero-order valence-electron chi connectivity index (χ0n) is 35.3. The van der Waals surface area contributed by atoms with Crippen molar-refractivity contribution in [3.05, 3.63) is 240 Å². The van der Waals surface area contributed by atoms with Crippen LogP contribution in [0.25, 0.3) is 42.4 Å². The predicted molar refractivity (Wildman–Crippen MR) is 262 cm³/mol. The molecule has 0 bridgehead atoms. The fraction of sp³-hybridized carbons (Fsp3) is 0.143. The molecule has 0 radical (unpaired) electrons. The van der Waals surface area contributed by atoms with E-state index in [9.17, 15) is 0 Å². The lowest BCUT2D eigenvalue weighted by atomic mass is 9.65. The van der Waals surface area contributed by atoms with E-state index in [1.807, 2.05) is 29.5 Å². The summed E-state index contributed by atoms with van der Waals surface area (Å²) in [6, 6.07) is 62.9. The topological polar surface area (TPSA) is 78.1 Å². The zero-order valence-corrected chi connectivity index (χ0v) is 36.1. The second kappa shape index (κ2) is 20.7. The molecule has 2 atom stereocenters. The van der Waals surface area contributed by atoms with Gasteiger partial charge in [0.05, 0.1) is 5.54 Å². The summed E-state index contributed by atoms with van der Waals surface area (Å²) < 4.78 is 2.62. The molecular weight excluding hydrogens is 747 g/mol. The lowest BCUT2D eigenvalue weighted by Crippen LogP contribution is -2.47. The average Bonchev–Trinajstić information content (AvgIpc) is 3.70. The molecule has 1 aliphatic rings. The Bertz CT molecular complexity index is 2640. The Morgan fingerprint density at radius 1 is 0.617 bits per heavy atom. The molecule has 7 aromatic carbocycles. The van der Waals surface area contributed by atoms with E-state index in [2.05, 4.69) is 214 Å². The van der Waals surface area contributed by atoms with Gasteiger partial charge in [-0.05, 0) is 85.4 Å². The Labute approximate surface area is 361 Å². The molecule has 3 nitrogen and oxygen atoms in total. The first-order valence-corrected chi connectivity index (χ1v) is 21.4. The second-order valence-corrected chi connectivity index (χ2v) is 15.9. The van der Waals surface area contributed by atoms with E-state index in [0.717, 1.165) is 17.5 Å². The first kappa shape index (κ1) is 43.4. The van der Waals surface area contributed by atoms with Crippen LogP contribution in [0.2, 0.25) is 0 Å². The zero-order chi connectivity index (χ0) is 42.5. The van der Waals surface area contributed by atoms with Crippen LogP contribution >= 0.6 is 11.3 Å².